The van der Waals surface area contributed by atoms with Crippen LogP contribution in [-0.4, -0.2) is 46.5 Å². The third-order valence-corrected chi connectivity index (χ3v) is 6.75. The molecule has 8 heteroatoms. The molecule has 5 nitrogen and oxygen atoms in total. The van der Waals surface area contributed by atoms with Gasteiger partial charge in [-0.1, -0.05) is 17.7 Å². The molecule has 0 radical (unpaired) electrons. The van der Waals surface area contributed by atoms with E-state index in [0.717, 1.165) is 6.07 Å². The number of hydrogen-bond acceptors (Lipinski definition) is 3. The Bertz CT molecular complexity index is 1030. The molecule has 0 N–H and O–H groups in total. The second-order valence-electron chi connectivity index (χ2n) is 8.38. The Morgan fingerprint density at radius 1 is 1.06 bits per heavy atom. The molecule has 0 aromatic heterocycles. The van der Waals surface area contributed by atoms with Crippen molar-refractivity contribution in [2.24, 2.45) is 0 Å². The molecule has 2 atom stereocenters. The number of fused-ring (bicyclic) bond motifs is 1. The van der Waals surface area contributed by atoms with Gasteiger partial charge in [-0.15, -0.1) is 0 Å². The van der Waals surface area contributed by atoms with Gasteiger partial charge in [-0.05, 0) is 48.7 Å². The van der Waals surface area contributed by atoms with Crippen molar-refractivity contribution in [3.8, 4) is 0 Å². The number of amides is 2. The van der Waals surface area contributed by atoms with Crippen LogP contribution in [0.1, 0.15) is 47.6 Å². The summed E-state index contributed by atoms with van der Waals surface area (Å²) in [6, 6.07) is 9.76. The van der Waals surface area contributed by atoms with Crippen molar-refractivity contribution in [1.29, 1.82) is 0 Å². The zero-order chi connectivity index (χ0) is 21.8. The fraction of sp³-hybridized carbons (Fsp3) is 0.391. The second kappa shape index (κ2) is 7.57. The predicted molar refractivity (Wildman–Crippen MR) is 109 cm³/mol. The Kier molecular flexibility index (Phi) is 4.98. The fourth-order valence-corrected chi connectivity index (χ4v) is 5.21. The van der Waals surface area contributed by atoms with E-state index in [-0.39, 0.29) is 11.8 Å². The Balaban J connectivity index is 1.32. The van der Waals surface area contributed by atoms with Gasteiger partial charge in [0.2, 0.25) is 0 Å². The third kappa shape index (κ3) is 3.49. The van der Waals surface area contributed by atoms with Gasteiger partial charge >= 0.3 is 0 Å². The molecule has 5 rings (SSSR count). The fourth-order valence-electron chi connectivity index (χ4n) is 5.02. The average Bonchev–Trinajstić information content (AvgIpc) is 3.26. The minimum Gasteiger partial charge on any atom is -0.342 e. The number of hydrogen-bond donors (Lipinski definition) is 0. The van der Waals surface area contributed by atoms with E-state index in [9.17, 15) is 18.4 Å². The van der Waals surface area contributed by atoms with E-state index in [0.29, 0.717) is 54.9 Å². The van der Waals surface area contributed by atoms with Gasteiger partial charge in [0.25, 0.3) is 11.8 Å². The van der Waals surface area contributed by atoms with E-state index >= 15 is 0 Å². The molecular weight excluding hydrogens is 426 g/mol. The molecule has 0 saturated carbocycles. The van der Waals surface area contributed by atoms with Crippen LogP contribution in [0.2, 0.25) is 5.02 Å². The molecule has 0 bridgehead atoms. The maximum Gasteiger partial charge on any atom is 0.257 e. The highest BCUT2D eigenvalue weighted by Crippen LogP contribution is 2.47. The van der Waals surface area contributed by atoms with Gasteiger partial charge in [0.05, 0.1) is 6.04 Å². The topological polar surface area (TPSA) is 49.9 Å². The summed E-state index contributed by atoms with van der Waals surface area (Å²) in [5, 5.41) is 0.495. The molecule has 1 spiro atoms. The normalized spacial score (nSPS) is 24.7. The van der Waals surface area contributed by atoms with Crippen molar-refractivity contribution >= 4 is 23.4 Å². The summed E-state index contributed by atoms with van der Waals surface area (Å²) in [6.07, 6.45) is 1.57. The van der Waals surface area contributed by atoms with Crippen LogP contribution in [0.25, 0.3) is 0 Å². The molecule has 3 aliphatic heterocycles. The number of rotatable bonds is 2. The monoisotopic (exact) mass is 446 g/mol. The summed E-state index contributed by atoms with van der Waals surface area (Å²) in [5.74, 6) is -1.60. The highest BCUT2D eigenvalue weighted by atomic mass is 35.5. The van der Waals surface area contributed by atoms with E-state index in [1.54, 1.807) is 34.1 Å². The van der Waals surface area contributed by atoms with Gasteiger partial charge in [0.15, 0.2) is 5.60 Å². The lowest BCUT2D eigenvalue weighted by Gasteiger charge is -2.37. The zero-order valence-electron chi connectivity index (χ0n) is 16.7. The summed E-state index contributed by atoms with van der Waals surface area (Å²) in [5.41, 5.74) is -0.0288. The Labute approximate surface area is 183 Å². The van der Waals surface area contributed by atoms with Crippen LogP contribution >= 0.6 is 11.6 Å². The zero-order valence-corrected chi connectivity index (χ0v) is 17.4. The number of piperidine rings is 1. The Morgan fingerprint density at radius 2 is 1.77 bits per heavy atom. The van der Waals surface area contributed by atoms with Crippen LogP contribution in [0.3, 0.4) is 0 Å². The lowest BCUT2D eigenvalue weighted by molar-refractivity contribution is -0.142. The summed E-state index contributed by atoms with van der Waals surface area (Å²) in [7, 11) is 0. The van der Waals surface area contributed by atoms with Crippen LogP contribution in [-0.2, 0) is 9.53 Å². The number of nitrogens with zero attached hydrogens (tertiary/aromatic N) is 2. The number of ether oxygens (including phenoxy) is 1. The van der Waals surface area contributed by atoms with Gasteiger partial charge < -0.3 is 14.5 Å². The van der Waals surface area contributed by atoms with Crippen LogP contribution in [0.4, 0.5) is 8.78 Å². The molecule has 3 aliphatic rings. The van der Waals surface area contributed by atoms with Gasteiger partial charge in [-0.25, -0.2) is 8.78 Å². The average molecular weight is 447 g/mol. The van der Waals surface area contributed by atoms with Crippen LogP contribution in [0.15, 0.2) is 42.5 Å². The first-order valence-corrected chi connectivity index (χ1v) is 10.8. The molecule has 2 unspecified atom stereocenters. The van der Waals surface area contributed by atoms with Crippen molar-refractivity contribution in [3.05, 3.63) is 70.2 Å². The minimum absolute atomic E-state index is 0.128. The largest absolute Gasteiger partial charge is 0.342 e. The number of benzene rings is 2. The number of carbonyl (C=O) groups is 2. The molecule has 3 heterocycles. The lowest BCUT2D eigenvalue weighted by atomic mass is 9.89. The number of likely N-dealkylation sites (tertiary alicyclic amines) is 1. The summed E-state index contributed by atoms with van der Waals surface area (Å²) in [4.78, 5) is 29.5. The van der Waals surface area contributed by atoms with Crippen molar-refractivity contribution in [2.45, 2.75) is 43.6 Å². The van der Waals surface area contributed by atoms with E-state index in [1.165, 1.54) is 12.1 Å². The number of halogens is 3. The molecule has 2 aromatic carbocycles. The van der Waals surface area contributed by atoms with Gasteiger partial charge in [0.1, 0.15) is 17.9 Å². The molecule has 0 aliphatic carbocycles. The quantitative estimate of drug-likeness (QED) is 0.690. The minimum atomic E-state index is -0.986. The second-order valence-corrected chi connectivity index (χ2v) is 8.81. The van der Waals surface area contributed by atoms with Gasteiger partial charge in [0, 0.05) is 42.6 Å². The van der Waals surface area contributed by atoms with Crippen molar-refractivity contribution in [1.82, 2.24) is 9.80 Å². The summed E-state index contributed by atoms with van der Waals surface area (Å²) in [6.45, 7) is 0.772. The predicted octanol–water partition coefficient (Wildman–Crippen LogP) is 4.31. The molecule has 2 amide bonds. The third-order valence-electron chi connectivity index (χ3n) is 6.52. The highest BCUT2D eigenvalue weighted by molar-refractivity contribution is 6.30. The summed E-state index contributed by atoms with van der Waals surface area (Å²) >= 11 is 6.00. The Morgan fingerprint density at radius 3 is 2.45 bits per heavy atom. The molecule has 2 aromatic rings. The molecule has 31 heavy (non-hydrogen) atoms. The molecule has 3 saturated heterocycles. The SMILES string of the molecule is O=C(c1cccc(Cl)c1)N1CCC2(CC1)OC1CCC(c3cc(F)cc(F)c3)N1C2=O. The smallest absolute Gasteiger partial charge is 0.257 e. The Hall–Kier alpha value is -2.51. The maximum absolute atomic E-state index is 13.7. The number of carbonyl (C=O) groups excluding carboxylic acids is 2. The van der Waals surface area contributed by atoms with Gasteiger partial charge in [-0.2, -0.15) is 0 Å². The van der Waals surface area contributed by atoms with E-state index < -0.39 is 29.5 Å². The van der Waals surface area contributed by atoms with E-state index in [2.05, 4.69) is 0 Å². The van der Waals surface area contributed by atoms with Crippen LogP contribution in [0.5, 0.6) is 0 Å². The lowest BCUT2D eigenvalue weighted by Crippen LogP contribution is -2.51. The van der Waals surface area contributed by atoms with Crippen molar-refractivity contribution in [2.75, 3.05) is 13.1 Å². The van der Waals surface area contributed by atoms with Crippen LogP contribution < -0.4 is 0 Å². The first-order valence-electron chi connectivity index (χ1n) is 10.4. The summed E-state index contributed by atoms with van der Waals surface area (Å²) < 4.78 is 33.7. The van der Waals surface area contributed by atoms with Crippen LogP contribution in [0, 0.1) is 11.6 Å². The van der Waals surface area contributed by atoms with Crippen molar-refractivity contribution < 1.29 is 23.1 Å². The highest BCUT2D eigenvalue weighted by Gasteiger charge is 2.58. The molecular formula is C23H21ClF2N2O3. The van der Waals surface area contributed by atoms with Crippen molar-refractivity contribution in [3.63, 3.8) is 0 Å². The van der Waals surface area contributed by atoms with E-state index in [1.807, 2.05) is 0 Å². The van der Waals surface area contributed by atoms with E-state index in [4.69, 9.17) is 16.3 Å². The molecule has 3 fully saturated rings. The first kappa shape index (κ1) is 20.4. The maximum atomic E-state index is 13.7. The standard InChI is InChI=1S/C23H21ClF2N2O3/c24-16-3-1-2-14(10-16)21(29)27-8-6-23(7-9-27)22(30)28-19(4-5-20(28)31-23)15-11-17(25)13-18(26)12-15/h1-3,10-13,19-20H,4-9H2. The molecule has 162 valence electrons. The first-order chi connectivity index (χ1) is 14.9. The van der Waals surface area contributed by atoms with Gasteiger partial charge in [-0.3, -0.25) is 9.59 Å².